The van der Waals surface area contributed by atoms with Gasteiger partial charge in [0.25, 0.3) is 0 Å². The Hall–Kier alpha value is -1.53. The third-order valence-electron chi connectivity index (χ3n) is 2.57. The molecule has 0 aliphatic rings. The molecule has 0 saturated heterocycles. The quantitative estimate of drug-likeness (QED) is 0.862. The average molecular weight is 264 g/mol. The van der Waals surface area contributed by atoms with E-state index in [9.17, 15) is 0 Å². The summed E-state index contributed by atoms with van der Waals surface area (Å²) >= 11 is 1.65. The standard InChI is InChI=1S/C12H16N4OS/c1-3-14-10(11-6-13-8-18-11)4-9-5-12(17-2)16-7-15-9/h5-8,10,14H,3-4H2,1-2H3. The van der Waals surface area contributed by atoms with E-state index in [1.165, 1.54) is 11.2 Å². The molecular weight excluding hydrogens is 248 g/mol. The van der Waals surface area contributed by atoms with Crippen molar-refractivity contribution in [3.63, 3.8) is 0 Å². The molecule has 2 rings (SSSR count). The van der Waals surface area contributed by atoms with E-state index < -0.39 is 0 Å². The SMILES string of the molecule is CCNC(Cc1cc(OC)ncn1)c1cncs1. The second-order valence-corrected chi connectivity index (χ2v) is 4.69. The summed E-state index contributed by atoms with van der Waals surface area (Å²) in [5, 5.41) is 3.44. The topological polar surface area (TPSA) is 59.9 Å². The molecule has 0 radical (unpaired) electrons. The molecule has 5 nitrogen and oxygen atoms in total. The van der Waals surface area contributed by atoms with E-state index in [0.29, 0.717) is 5.88 Å². The van der Waals surface area contributed by atoms with Crippen molar-refractivity contribution < 1.29 is 4.74 Å². The summed E-state index contributed by atoms with van der Waals surface area (Å²) in [4.78, 5) is 13.6. The number of nitrogens with zero attached hydrogens (tertiary/aromatic N) is 3. The molecule has 0 fully saturated rings. The molecule has 0 aliphatic heterocycles. The van der Waals surface area contributed by atoms with Crippen LogP contribution in [0.3, 0.4) is 0 Å². The third-order valence-corrected chi connectivity index (χ3v) is 3.46. The maximum absolute atomic E-state index is 5.11. The molecule has 1 atom stereocenters. The lowest BCUT2D eigenvalue weighted by molar-refractivity contribution is 0.395. The van der Waals surface area contributed by atoms with Gasteiger partial charge in [-0.15, -0.1) is 11.3 Å². The average Bonchev–Trinajstić information content (AvgIpc) is 2.92. The van der Waals surface area contributed by atoms with E-state index in [2.05, 4.69) is 27.2 Å². The van der Waals surface area contributed by atoms with Crippen LogP contribution in [0.15, 0.2) is 24.1 Å². The normalized spacial score (nSPS) is 12.3. The number of thiazole rings is 1. The van der Waals surface area contributed by atoms with E-state index in [1.807, 2.05) is 17.8 Å². The second-order valence-electron chi connectivity index (χ2n) is 3.77. The van der Waals surface area contributed by atoms with Gasteiger partial charge in [-0.1, -0.05) is 6.92 Å². The Kier molecular flexibility index (Phi) is 4.60. The van der Waals surface area contributed by atoms with Crippen LogP contribution in [0.5, 0.6) is 5.88 Å². The number of methoxy groups -OCH3 is 1. The van der Waals surface area contributed by atoms with Gasteiger partial charge in [0.1, 0.15) is 6.33 Å². The third kappa shape index (κ3) is 3.24. The monoisotopic (exact) mass is 264 g/mol. The zero-order valence-electron chi connectivity index (χ0n) is 10.5. The van der Waals surface area contributed by atoms with E-state index in [1.54, 1.807) is 18.4 Å². The number of hydrogen-bond donors (Lipinski definition) is 1. The van der Waals surface area contributed by atoms with Crippen LogP contribution < -0.4 is 10.1 Å². The molecule has 1 N–H and O–H groups in total. The highest BCUT2D eigenvalue weighted by Crippen LogP contribution is 2.21. The highest BCUT2D eigenvalue weighted by molar-refractivity contribution is 7.09. The molecule has 0 spiro atoms. The molecule has 0 aromatic carbocycles. The first-order valence-corrected chi connectivity index (χ1v) is 6.68. The second kappa shape index (κ2) is 6.42. The molecule has 2 aromatic rings. The molecule has 0 amide bonds. The van der Waals surface area contributed by atoms with Gasteiger partial charge in [0.15, 0.2) is 0 Å². The Bertz CT molecular complexity index is 475. The van der Waals surface area contributed by atoms with Gasteiger partial charge >= 0.3 is 0 Å². The molecule has 96 valence electrons. The van der Waals surface area contributed by atoms with Crippen molar-refractivity contribution in [2.75, 3.05) is 13.7 Å². The van der Waals surface area contributed by atoms with E-state index in [-0.39, 0.29) is 6.04 Å². The summed E-state index contributed by atoms with van der Waals surface area (Å²) < 4.78 is 5.11. The number of likely N-dealkylation sites (N-methyl/N-ethyl adjacent to an activating group) is 1. The van der Waals surface area contributed by atoms with Gasteiger partial charge in [-0.25, -0.2) is 9.97 Å². The Morgan fingerprint density at radius 3 is 3.00 bits per heavy atom. The van der Waals surface area contributed by atoms with E-state index in [4.69, 9.17) is 4.74 Å². The minimum absolute atomic E-state index is 0.238. The molecule has 2 aromatic heterocycles. The van der Waals surface area contributed by atoms with Crippen molar-refractivity contribution in [2.45, 2.75) is 19.4 Å². The van der Waals surface area contributed by atoms with Crippen LogP contribution in [0.1, 0.15) is 23.5 Å². The first kappa shape index (κ1) is 12.9. The molecule has 2 heterocycles. The van der Waals surface area contributed by atoms with Crippen LogP contribution in [0.25, 0.3) is 0 Å². The molecule has 0 bridgehead atoms. The van der Waals surface area contributed by atoms with Gasteiger partial charge in [-0.2, -0.15) is 0 Å². The molecule has 18 heavy (non-hydrogen) atoms. The minimum Gasteiger partial charge on any atom is -0.481 e. The number of hydrogen-bond acceptors (Lipinski definition) is 6. The summed E-state index contributed by atoms with van der Waals surface area (Å²) in [7, 11) is 1.61. The van der Waals surface area contributed by atoms with Crippen molar-refractivity contribution in [1.29, 1.82) is 0 Å². The van der Waals surface area contributed by atoms with Gasteiger partial charge in [0.2, 0.25) is 5.88 Å². The van der Waals surface area contributed by atoms with Crippen LogP contribution >= 0.6 is 11.3 Å². The zero-order valence-corrected chi connectivity index (χ0v) is 11.3. The molecule has 0 aliphatic carbocycles. The smallest absolute Gasteiger partial charge is 0.216 e. The largest absolute Gasteiger partial charge is 0.481 e. The summed E-state index contributed by atoms with van der Waals surface area (Å²) in [5.41, 5.74) is 2.81. The maximum atomic E-state index is 5.11. The Morgan fingerprint density at radius 2 is 2.33 bits per heavy atom. The Balaban J connectivity index is 2.13. The Labute approximate surface area is 110 Å². The fraction of sp³-hybridized carbons (Fsp3) is 0.417. The highest BCUT2D eigenvalue weighted by Gasteiger charge is 2.14. The summed E-state index contributed by atoms with van der Waals surface area (Å²) in [6.45, 7) is 3.00. The van der Waals surface area contributed by atoms with Crippen LogP contribution in [0.2, 0.25) is 0 Å². The lowest BCUT2D eigenvalue weighted by Gasteiger charge is -2.15. The molecular formula is C12H16N4OS. The number of rotatable bonds is 6. The fourth-order valence-corrected chi connectivity index (χ4v) is 2.42. The summed E-state index contributed by atoms with van der Waals surface area (Å²) in [6.07, 6.45) is 4.23. The molecule has 6 heteroatoms. The summed E-state index contributed by atoms with van der Waals surface area (Å²) in [5.74, 6) is 0.597. The highest BCUT2D eigenvalue weighted by atomic mass is 32.1. The summed E-state index contributed by atoms with van der Waals surface area (Å²) in [6, 6.07) is 2.10. The lowest BCUT2D eigenvalue weighted by atomic mass is 10.1. The van der Waals surface area contributed by atoms with Crippen LogP contribution in [-0.4, -0.2) is 28.6 Å². The van der Waals surface area contributed by atoms with E-state index >= 15 is 0 Å². The van der Waals surface area contributed by atoms with Crippen LogP contribution in [0, 0.1) is 0 Å². The minimum atomic E-state index is 0.238. The lowest BCUT2D eigenvalue weighted by Crippen LogP contribution is -2.22. The maximum Gasteiger partial charge on any atom is 0.216 e. The predicted molar refractivity (Wildman–Crippen MR) is 70.8 cm³/mol. The number of nitrogens with one attached hydrogen (secondary N) is 1. The Morgan fingerprint density at radius 1 is 1.44 bits per heavy atom. The van der Waals surface area contributed by atoms with Crippen molar-refractivity contribution in [1.82, 2.24) is 20.3 Å². The number of aromatic nitrogens is 3. The van der Waals surface area contributed by atoms with Crippen molar-refractivity contribution in [2.24, 2.45) is 0 Å². The molecule has 0 saturated carbocycles. The van der Waals surface area contributed by atoms with Crippen molar-refractivity contribution in [3.8, 4) is 5.88 Å². The van der Waals surface area contributed by atoms with Gasteiger partial charge in [-0.05, 0) is 6.54 Å². The van der Waals surface area contributed by atoms with E-state index in [0.717, 1.165) is 18.7 Å². The number of ether oxygens (including phenoxy) is 1. The van der Waals surface area contributed by atoms with Crippen molar-refractivity contribution in [3.05, 3.63) is 34.7 Å². The van der Waals surface area contributed by atoms with Crippen molar-refractivity contribution >= 4 is 11.3 Å². The van der Waals surface area contributed by atoms with Gasteiger partial charge in [-0.3, -0.25) is 4.98 Å². The fourth-order valence-electron chi connectivity index (χ4n) is 1.73. The molecule has 1 unspecified atom stereocenters. The predicted octanol–water partition coefficient (Wildman–Crippen LogP) is 1.83. The van der Waals surface area contributed by atoms with Crippen LogP contribution in [0.4, 0.5) is 0 Å². The van der Waals surface area contributed by atoms with Gasteiger partial charge in [0.05, 0.1) is 12.6 Å². The first-order valence-electron chi connectivity index (χ1n) is 5.80. The van der Waals surface area contributed by atoms with Gasteiger partial charge in [0, 0.05) is 35.3 Å². The van der Waals surface area contributed by atoms with Gasteiger partial charge < -0.3 is 10.1 Å². The zero-order chi connectivity index (χ0) is 12.8. The van der Waals surface area contributed by atoms with Crippen LogP contribution in [-0.2, 0) is 6.42 Å². The first-order chi connectivity index (χ1) is 8.83.